The first kappa shape index (κ1) is 13.5. The van der Waals surface area contributed by atoms with Crippen LogP contribution >= 0.6 is 0 Å². The van der Waals surface area contributed by atoms with E-state index in [2.05, 4.69) is 5.32 Å². The lowest BCUT2D eigenvalue weighted by Crippen LogP contribution is -2.23. The summed E-state index contributed by atoms with van der Waals surface area (Å²) in [6.07, 6.45) is -0.523. The number of hydrogen-bond donors (Lipinski definition) is 2. The first-order valence-electron chi connectivity index (χ1n) is 5.79. The van der Waals surface area contributed by atoms with Crippen LogP contribution in [0.1, 0.15) is 26.3 Å². The van der Waals surface area contributed by atoms with Crippen molar-refractivity contribution in [3.8, 4) is 0 Å². The van der Waals surface area contributed by atoms with Gasteiger partial charge in [-0.1, -0.05) is 26.0 Å². The second-order valence-electron chi connectivity index (χ2n) is 4.38. The summed E-state index contributed by atoms with van der Waals surface area (Å²) in [5.74, 6) is 0.306. The monoisotopic (exact) mass is 236 g/mol. The first-order chi connectivity index (χ1) is 8.02. The van der Waals surface area contributed by atoms with Crippen LogP contribution in [0.25, 0.3) is 0 Å². The zero-order valence-electron chi connectivity index (χ0n) is 10.6. The number of ether oxygens (including phenoxy) is 1. The molecule has 0 saturated carbocycles. The Bertz CT molecular complexity index is 360. The van der Waals surface area contributed by atoms with Crippen LogP contribution in [-0.4, -0.2) is 12.2 Å². The highest BCUT2D eigenvalue weighted by atomic mass is 16.6. The van der Waals surface area contributed by atoms with E-state index in [1.54, 1.807) is 0 Å². The standard InChI is InChI=1S/C13H20N2O2/c1-9(2)10(3)17-13(16)15-12-6-4-11(8-14)5-7-12/h4-7,9-10H,8,14H2,1-3H3,(H,15,16). The molecule has 0 aliphatic heterocycles. The van der Waals surface area contributed by atoms with Crippen molar-refractivity contribution >= 4 is 11.8 Å². The highest BCUT2D eigenvalue weighted by molar-refractivity contribution is 5.84. The van der Waals surface area contributed by atoms with Gasteiger partial charge in [-0.05, 0) is 30.5 Å². The van der Waals surface area contributed by atoms with E-state index in [1.807, 2.05) is 45.0 Å². The molecule has 4 heteroatoms. The molecule has 4 nitrogen and oxygen atoms in total. The van der Waals surface area contributed by atoms with Crippen molar-refractivity contribution < 1.29 is 9.53 Å². The molecule has 0 saturated heterocycles. The van der Waals surface area contributed by atoms with Crippen LogP contribution in [0.5, 0.6) is 0 Å². The number of rotatable bonds is 4. The smallest absolute Gasteiger partial charge is 0.411 e. The van der Waals surface area contributed by atoms with E-state index in [0.29, 0.717) is 18.2 Å². The van der Waals surface area contributed by atoms with Gasteiger partial charge >= 0.3 is 6.09 Å². The number of amides is 1. The average Bonchev–Trinajstić information content (AvgIpc) is 2.29. The molecular formula is C13H20N2O2. The Hall–Kier alpha value is -1.55. The van der Waals surface area contributed by atoms with Gasteiger partial charge in [-0.25, -0.2) is 4.79 Å². The van der Waals surface area contributed by atoms with Crippen molar-refractivity contribution in [1.29, 1.82) is 0 Å². The quantitative estimate of drug-likeness (QED) is 0.844. The van der Waals surface area contributed by atoms with Crippen LogP contribution in [0.2, 0.25) is 0 Å². The molecule has 0 bridgehead atoms. The lowest BCUT2D eigenvalue weighted by Gasteiger charge is -2.16. The summed E-state index contributed by atoms with van der Waals surface area (Å²) in [5, 5.41) is 2.68. The maximum Gasteiger partial charge on any atom is 0.411 e. The third-order valence-corrected chi connectivity index (χ3v) is 2.67. The van der Waals surface area contributed by atoms with Crippen LogP contribution < -0.4 is 11.1 Å². The maximum absolute atomic E-state index is 11.5. The number of benzene rings is 1. The van der Waals surface area contributed by atoms with E-state index in [9.17, 15) is 4.79 Å². The SMILES string of the molecule is CC(C)C(C)OC(=O)Nc1ccc(CN)cc1. The molecule has 0 spiro atoms. The topological polar surface area (TPSA) is 64.3 Å². The summed E-state index contributed by atoms with van der Waals surface area (Å²) < 4.78 is 5.20. The molecule has 3 N–H and O–H groups in total. The van der Waals surface area contributed by atoms with Gasteiger partial charge in [0.15, 0.2) is 0 Å². The molecule has 1 amide bonds. The summed E-state index contributed by atoms with van der Waals surface area (Å²) in [7, 11) is 0. The average molecular weight is 236 g/mol. The Morgan fingerprint density at radius 1 is 1.29 bits per heavy atom. The largest absolute Gasteiger partial charge is 0.446 e. The van der Waals surface area contributed by atoms with Crippen molar-refractivity contribution in [3.63, 3.8) is 0 Å². The van der Waals surface area contributed by atoms with Gasteiger partial charge in [0.25, 0.3) is 0 Å². The third-order valence-electron chi connectivity index (χ3n) is 2.67. The second-order valence-corrected chi connectivity index (χ2v) is 4.38. The minimum Gasteiger partial charge on any atom is -0.446 e. The Kier molecular flexibility index (Phi) is 4.97. The number of anilines is 1. The Morgan fingerprint density at radius 2 is 1.88 bits per heavy atom. The van der Waals surface area contributed by atoms with Gasteiger partial charge < -0.3 is 10.5 Å². The molecule has 1 aromatic carbocycles. The van der Waals surface area contributed by atoms with E-state index in [1.165, 1.54) is 0 Å². The Labute approximate surface area is 102 Å². The molecule has 17 heavy (non-hydrogen) atoms. The van der Waals surface area contributed by atoms with Crippen molar-refractivity contribution in [2.75, 3.05) is 5.32 Å². The van der Waals surface area contributed by atoms with Crippen LogP contribution in [0.4, 0.5) is 10.5 Å². The highest BCUT2D eigenvalue weighted by Crippen LogP contribution is 2.11. The fourth-order valence-electron chi connectivity index (χ4n) is 1.18. The molecule has 0 heterocycles. The number of nitrogens with one attached hydrogen (secondary N) is 1. The van der Waals surface area contributed by atoms with E-state index in [0.717, 1.165) is 5.56 Å². The fraction of sp³-hybridized carbons (Fsp3) is 0.462. The van der Waals surface area contributed by atoms with E-state index in [4.69, 9.17) is 10.5 Å². The third kappa shape index (κ3) is 4.44. The van der Waals surface area contributed by atoms with Gasteiger partial charge in [-0.3, -0.25) is 5.32 Å². The van der Waals surface area contributed by atoms with Crippen molar-refractivity contribution in [3.05, 3.63) is 29.8 Å². The van der Waals surface area contributed by atoms with E-state index < -0.39 is 6.09 Å². The second kappa shape index (κ2) is 6.25. The summed E-state index contributed by atoms with van der Waals surface area (Å²) in [4.78, 5) is 11.5. The molecule has 0 aliphatic carbocycles. The summed E-state index contributed by atoms with van der Waals surface area (Å²) in [6.45, 7) is 6.39. The van der Waals surface area contributed by atoms with Gasteiger partial charge in [0.05, 0.1) is 0 Å². The zero-order chi connectivity index (χ0) is 12.8. The van der Waals surface area contributed by atoms with Gasteiger partial charge in [0.2, 0.25) is 0 Å². The van der Waals surface area contributed by atoms with Crippen LogP contribution in [0.3, 0.4) is 0 Å². The minimum absolute atomic E-state index is 0.0988. The lowest BCUT2D eigenvalue weighted by atomic mass is 10.1. The lowest BCUT2D eigenvalue weighted by molar-refractivity contribution is 0.0940. The summed E-state index contributed by atoms with van der Waals surface area (Å²) >= 11 is 0. The summed E-state index contributed by atoms with van der Waals surface area (Å²) in [6, 6.07) is 7.37. The number of hydrogen-bond acceptors (Lipinski definition) is 3. The molecule has 0 aliphatic rings. The Morgan fingerprint density at radius 3 is 2.35 bits per heavy atom. The maximum atomic E-state index is 11.5. The highest BCUT2D eigenvalue weighted by Gasteiger charge is 2.12. The van der Waals surface area contributed by atoms with Gasteiger partial charge in [0.1, 0.15) is 6.10 Å². The molecular weight excluding hydrogens is 216 g/mol. The molecule has 1 unspecified atom stereocenters. The molecule has 0 aromatic heterocycles. The van der Waals surface area contributed by atoms with Crippen LogP contribution in [0.15, 0.2) is 24.3 Å². The normalized spacial score (nSPS) is 12.3. The van der Waals surface area contributed by atoms with Gasteiger partial charge in [-0.15, -0.1) is 0 Å². The van der Waals surface area contributed by atoms with Crippen molar-refractivity contribution in [2.24, 2.45) is 11.7 Å². The summed E-state index contributed by atoms with van der Waals surface area (Å²) in [5.41, 5.74) is 7.23. The molecule has 94 valence electrons. The molecule has 1 rings (SSSR count). The van der Waals surface area contributed by atoms with Crippen molar-refractivity contribution in [2.45, 2.75) is 33.4 Å². The number of carbonyl (C=O) groups is 1. The van der Waals surface area contributed by atoms with E-state index in [-0.39, 0.29) is 6.10 Å². The van der Waals surface area contributed by atoms with Crippen LogP contribution in [-0.2, 0) is 11.3 Å². The van der Waals surface area contributed by atoms with Gasteiger partial charge in [0, 0.05) is 12.2 Å². The number of carbonyl (C=O) groups excluding carboxylic acids is 1. The molecule has 1 aromatic rings. The van der Waals surface area contributed by atoms with Crippen LogP contribution in [0, 0.1) is 5.92 Å². The first-order valence-corrected chi connectivity index (χ1v) is 5.79. The fourth-order valence-corrected chi connectivity index (χ4v) is 1.18. The van der Waals surface area contributed by atoms with E-state index >= 15 is 0 Å². The predicted octanol–water partition coefficient (Wildman–Crippen LogP) is 2.74. The number of nitrogens with two attached hydrogens (primary N) is 1. The zero-order valence-corrected chi connectivity index (χ0v) is 10.6. The van der Waals surface area contributed by atoms with Gasteiger partial charge in [-0.2, -0.15) is 0 Å². The molecule has 1 atom stereocenters. The molecule has 0 radical (unpaired) electrons. The Balaban J connectivity index is 2.50. The minimum atomic E-state index is -0.424. The predicted molar refractivity (Wildman–Crippen MR) is 68.7 cm³/mol. The molecule has 0 fully saturated rings. The van der Waals surface area contributed by atoms with Crippen molar-refractivity contribution in [1.82, 2.24) is 0 Å².